The van der Waals surface area contributed by atoms with Crippen molar-refractivity contribution in [2.24, 2.45) is 12.8 Å². The Morgan fingerprint density at radius 2 is 2.11 bits per heavy atom. The third kappa shape index (κ3) is 2.43. The maximum absolute atomic E-state index is 6.23. The first-order valence-corrected chi connectivity index (χ1v) is 7.22. The molecule has 98 valence electrons. The number of hydrogen-bond donors (Lipinski definition) is 1. The van der Waals surface area contributed by atoms with Gasteiger partial charge in [0, 0.05) is 23.5 Å². The van der Waals surface area contributed by atoms with Gasteiger partial charge in [-0.05, 0) is 31.2 Å². The Morgan fingerprint density at radius 1 is 1.44 bits per heavy atom. The Kier molecular flexibility index (Phi) is 4.02. The highest BCUT2D eigenvalue weighted by Gasteiger charge is 2.19. The van der Waals surface area contributed by atoms with E-state index < -0.39 is 0 Å². The lowest BCUT2D eigenvalue weighted by molar-refractivity contribution is 0.732. The summed E-state index contributed by atoms with van der Waals surface area (Å²) in [6.07, 6.45) is 0.651. The third-order valence-electron chi connectivity index (χ3n) is 2.96. The number of nitrogens with two attached hydrogens (primary N) is 1. The van der Waals surface area contributed by atoms with Gasteiger partial charge in [0.15, 0.2) is 0 Å². The maximum atomic E-state index is 6.23. The maximum Gasteiger partial charge on any atom is 0.130 e. The Balaban J connectivity index is 2.26. The number of aromatic nitrogens is 2. The highest BCUT2D eigenvalue weighted by molar-refractivity contribution is 7.10. The molecule has 0 bridgehead atoms. The molecule has 1 atom stereocenters. The second kappa shape index (κ2) is 5.21. The van der Waals surface area contributed by atoms with Crippen molar-refractivity contribution in [3.63, 3.8) is 0 Å². The molecule has 0 saturated heterocycles. The van der Waals surface area contributed by atoms with Gasteiger partial charge in [0.05, 0.1) is 10.7 Å². The van der Waals surface area contributed by atoms with Gasteiger partial charge in [-0.2, -0.15) is 5.10 Å². The van der Waals surface area contributed by atoms with Crippen molar-refractivity contribution in [1.29, 1.82) is 0 Å². The lowest BCUT2D eigenvalue weighted by Crippen LogP contribution is -2.13. The van der Waals surface area contributed by atoms with E-state index in [-0.39, 0.29) is 6.04 Å². The van der Waals surface area contributed by atoms with Crippen LogP contribution in [-0.4, -0.2) is 9.78 Å². The standard InChI is InChI=1S/C12H15Cl2N3S/c1-6-5-18-11(10(6)13)9(15)4-8-7(2)16-17(3)12(8)14/h5,9H,4,15H2,1-3H3. The first kappa shape index (κ1) is 13.9. The first-order valence-electron chi connectivity index (χ1n) is 5.58. The second-order valence-corrected chi connectivity index (χ2v) is 6.03. The lowest BCUT2D eigenvalue weighted by Gasteiger charge is -2.10. The molecule has 2 rings (SSSR count). The predicted octanol–water partition coefficient (Wildman–Crippen LogP) is 3.65. The molecule has 0 saturated carbocycles. The van der Waals surface area contributed by atoms with Crippen molar-refractivity contribution in [3.8, 4) is 0 Å². The molecule has 0 aliphatic heterocycles. The van der Waals surface area contributed by atoms with Gasteiger partial charge in [-0.3, -0.25) is 4.68 Å². The van der Waals surface area contributed by atoms with Crippen LogP contribution in [0.1, 0.15) is 27.7 Å². The summed E-state index contributed by atoms with van der Waals surface area (Å²) in [5.74, 6) is 0. The fourth-order valence-corrected chi connectivity index (χ4v) is 3.51. The zero-order chi connectivity index (χ0) is 13.4. The molecule has 2 aromatic rings. The Hall–Kier alpha value is -0.550. The number of nitrogens with zero attached hydrogens (tertiary/aromatic N) is 2. The largest absolute Gasteiger partial charge is 0.323 e. The highest BCUT2D eigenvalue weighted by Crippen LogP contribution is 2.34. The van der Waals surface area contributed by atoms with Crippen LogP contribution in [0.3, 0.4) is 0 Å². The Morgan fingerprint density at radius 3 is 2.56 bits per heavy atom. The Bertz CT molecular complexity index is 574. The van der Waals surface area contributed by atoms with E-state index in [1.807, 2.05) is 26.3 Å². The summed E-state index contributed by atoms with van der Waals surface area (Å²) < 4.78 is 1.67. The van der Waals surface area contributed by atoms with Gasteiger partial charge in [-0.15, -0.1) is 11.3 Å². The summed E-state index contributed by atoms with van der Waals surface area (Å²) in [4.78, 5) is 1.01. The van der Waals surface area contributed by atoms with Crippen molar-refractivity contribution in [2.75, 3.05) is 0 Å². The van der Waals surface area contributed by atoms with Crippen molar-refractivity contribution in [2.45, 2.75) is 26.3 Å². The number of rotatable bonds is 3. The fourth-order valence-electron chi connectivity index (χ4n) is 1.92. The van der Waals surface area contributed by atoms with Gasteiger partial charge in [0.1, 0.15) is 5.15 Å². The highest BCUT2D eigenvalue weighted by atomic mass is 35.5. The normalized spacial score (nSPS) is 13.0. The molecular weight excluding hydrogens is 289 g/mol. The summed E-state index contributed by atoms with van der Waals surface area (Å²) in [7, 11) is 1.83. The van der Waals surface area contributed by atoms with Crippen molar-refractivity contribution in [1.82, 2.24) is 9.78 Å². The Labute approximate surface area is 121 Å². The summed E-state index contributed by atoms with van der Waals surface area (Å²) in [5, 5.41) is 7.72. The van der Waals surface area contributed by atoms with E-state index in [0.29, 0.717) is 11.6 Å². The quantitative estimate of drug-likeness (QED) is 0.940. The van der Waals surface area contributed by atoms with E-state index in [9.17, 15) is 0 Å². The summed E-state index contributed by atoms with van der Waals surface area (Å²) >= 11 is 14.0. The number of hydrogen-bond acceptors (Lipinski definition) is 3. The van der Waals surface area contributed by atoms with Crippen LogP contribution in [0.4, 0.5) is 0 Å². The molecule has 3 nitrogen and oxygen atoms in total. The monoisotopic (exact) mass is 303 g/mol. The third-order valence-corrected chi connectivity index (χ3v) is 5.27. The second-order valence-electron chi connectivity index (χ2n) is 4.39. The molecule has 2 N–H and O–H groups in total. The minimum atomic E-state index is -0.142. The molecule has 2 aromatic heterocycles. The van der Waals surface area contributed by atoms with Gasteiger partial charge in [0.25, 0.3) is 0 Å². The summed E-state index contributed by atoms with van der Waals surface area (Å²) in [6.45, 7) is 3.92. The van der Waals surface area contributed by atoms with Crippen LogP contribution in [0.15, 0.2) is 5.38 Å². The molecule has 0 spiro atoms. The van der Waals surface area contributed by atoms with Crippen LogP contribution < -0.4 is 5.73 Å². The zero-order valence-electron chi connectivity index (χ0n) is 10.5. The SMILES string of the molecule is Cc1csc(C(N)Cc2c(C)nn(C)c2Cl)c1Cl. The van der Waals surface area contributed by atoms with Crippen LogP contribution >= 0.6 is 34.5 Å². The number of aryl methyl sites for hydroxylation is 3. The summed E-state index contributed by atoms with van der Waals surface area (Å²) in [6, 6.07) is -0.142. The molecule has 1 unspecified atom stereocenters. The smallest absolute Gasteiger partial charge is 0.130 e. The zero-order valence-corrected chi connectivity index (χ0v) is 12.8. The van der Waals surface area contributed by atoms with E-state index in [4.69, 9.17) is 28.9 Å². The van der Waals surface area contributed by atoms with Crippen molar-refractivity contribution >= 4 is 34.5 Å². The molecule has 6 heteroatoms. The van der Waals surface area contributed by atoms with Gasteiger partial charge in [-0.25, -0.2) is 0 Å². The average Bonchev–Trinajstić information content (AvgIpc) is 2.75. The molecule has 0 amide bonds. The molecule has 0 aliphatic carbocycles. The lowest BCUT2D eigenvalue weighted by atomic mass is 10.1. The summed E-state index contributed by atoms with van der Waals surface area (Å²) in [5.41, 5.74) is 9.20. The van der Waals surface area contributed by atoms with Crippen LogP contribution in [0.25, 0.3) is 0 Å². The van der Waals surface area contributed by atoms with E-state index in [1.165, 1.54) is 0 Å². The molecule has 18 heavy (non-hydrogen) atoms. The van der Waals surface area contributed by atoms with E-state index in [1.54, 1.807) is 16.0 Å². The minimum Gasteiger partial charge on any atom is -0.323 e. The average molecular weight is 304 g/mol. The first-order chi connectivity index (χ1) is 8.41. The molecule has 2 heterocycles. The van der Waals surface area contributed by atoms with Crippen LogP contribution in [0, 0.1) is 13.8 Å². The van der Waals surface area contributed by atoms with Gasteiger partial charge in [0.2, 0.25) is 0 Å². The van der Waals surface area contributed by atoms with Gasteiger partial charge < -0.3 is 5.73 Å². The number of thiophene rings is 1. The van der Waals surface area contributed by atoms with E-state index >= 15 is 0 Å². The predicted molar refractivity (Wildman–Crippen MR) is 77.7 cm³/mol. The minimum absolute atomic E-state index is 0.142. The molecular formula is C12H15Cl2N3S. The van der Waals surface area contributed by atoms with E-state index in [0.717, 1.165) is 26.7 Å². The van der Waals surface area contributed by atoms with Crippen LogP contribution in [0.2, 0.25) is 10.2 Å². The molecule has 0 aromatic carbocycles. The van der Waals surface area contributed by atoms with Crippen molar-refractivity contribution < 1.29 is 0 Å². The topological polar surface area (TPSA) is 43.8 Å². The van der Waals surface area contributed by atoms with Crippen molar-refractivity contribution in [3.05, 3.63) is 37.3 Å². The van der Waals surface area contributed by atoms with E-state index in [2.05, 4.69) is 5.10 Å². The van der Waals surface area contributed by atoms with Gasteiger partial charge >= 0.3 is 0 Å². The van der Waals surface area contributed by atoms with Crippen LogP contribution in [0.5, 0.6) is 0 Å². The molecule has 0 fully saturated rings. The van der Waals surface area contributed by atoms with Gasteiger partial charge in [-0.1, -0.05) is 23.2 Å². The molecule has 0 radical (unpaired) electrons. The fraction of sp³-hybridized carbons (Fsp3) is 0.417. The number of halogens is 2. The molecule has 0 aliphatic rings. The van der Waals surface area contributed by atoms with Crippen LogP contribution in [-0.2, 0) is 13.5 Å².